The molecule has 0 saturated carbocycles. The van der Waals surface area contributed by atoms with Gasteiger partial charge < -0.3 is 19.4 Å². The smallest absolute Gasteiger partial charge is 0.278 e. The van der Waals surface area contributed by atoms with Crippen molar-refractivity contribution in [1.29, 1.82) is 0 Å². The van der Waals surface area contributed by atoms with Crippen molar-refractivity contribution in [3.63, 3.8) is 0 Å². The number of para-hydroxylation sites is 2. The molecule has 0 aromatic heterocycles. The molecule has 0 radical (unpaired) electrons. The number of quaternary nitrogens is 1. The Morgan fingerprint density at radius 3 is 2.43 bits per heavy atom. The van der Waals surface area contributed by atoms with Gasteiger partial charge in [-0.05, 0) is 36.6 Å². The highest BCUT2D eigenvalue weighted by atomic mass is 16.5. The average molecular weight is 407 g/mol. The summed E-state index contributed by atoms with van der Waals surface area (Å²) in [7, 11) is 0. The van der Waals surface area contributed by atoms with Crippen molar-refractivity contribution in [2.45, 2.75) is 13.3 Å². The molecule has 4 rings (SSSR count). The first-order valence-electron chi connectivity index (χ1n) is 11.1. The largest absolute Gasteiger partial charge is 0.492 e. The van der Waals surface area contributed by atoms with Crippen molar-refractivity contribution in [3.05, 3.63) is 66.2 Å². The van der Waals surface area contributed by atoms with Crippen LogP contribution in [-0.4, -0.2) is 63.2 Å². The number of hydrogen-bond donors (Lipinski definition) is 1. The van der Waals surface area contributed by atoms with E-state index in [1.807, 2.05) is 30.0 Å². The minimum absolute atomic E-state index is 0.275. The van der Waals surface area contributed by atoms with E-state index in [1.54, 1.807) is 0 Å². The monoisotopic (exact) mass is 406 g/mol. The molecule has 2 aromatic carbocycles. The Hall–Kier alpha value is -2.79. The summed E-state index contributed by atoms with van der Waals surface area (Å²) >= 11 is 0. The molecule has 0 unspecified atom stereocenters. The maximum atomic E-state index is 12.8. The number of carbonyl (C=O) groups is 1. The van der Waals surface area contributed by atoms with Crippen molar-refractivity contribution in [2.75, 3.05) is 57.3 Å². The van der Waals surface area contributed by atoms with Crippen LogP contribution in [0.4, 0.5) is 5.69 Å². The predicted octanol–water partition coefficient (Wildman–Crippen LogP) is 2.11. The first kappa shape index (κ1) is 20.5. The molecule has 2 aliphatic heterocycles. The van der Waals surface area contributed by atoms with Crippen LogP contribution in [0.5, 0.6) is 5.75 Å². The van der Waals surface area contributed by atoms with Crippen LogP contribution in [0.3, 0.4) is 0 Å². The lowest BCUT2D eigenvalue weighted by Gasteiger charge is -2.35. The van der Waals surface area contributed by atoms with Gasteiger partial charge in [-0.15, -0.1) is 0 Å². The maximum absolute atomic E-state index is 12.8. The van der Waals surface area contributed by atoms with Crippen molar-refractivity contribution in [3.8, 4) is 5.75 Å². The van der Waals surface area contributed by atoms with Gasteiger partial charge in [-0.3, -0.25) is 4.79 Å². The van der Waals surface area contributed by atoms with Gasteiger partial charge >= 0.3 is 0 Å². The number of nitrogens with one attached hydrogen (secondary N) is 1. The molecule has 0 bridgehead atoms. The second kappa shape index (κ2) is 9.81. The van der Waals surface area contributed by atoms with Crippen LogP contribution in [0.25, 0.3) is 5.57 Å². The highest BCUT2D eigenvalue weighted by Crippen LogP contribution is 2.27. The van der Waals surface area contributed by atoms with Crippen LogP contribution < -0.4 is 14.5 Å². The minimum Gasteiger partial charge on any atom is -0.492 e. The molecule has 1 saturated heterocycles. The minimum atomic E-state index is 0.275. The standard InChI is InChI=1S/C25H31N3O2/c1-2-30-24-11-7-6-10-23(24)27-18-16-26(17-19-27)20-25(29)28-14-12-22(13-15-28)21-8-4-3-5-9-21/h3-12H,2,13-20H2,1H3/p+1. The normalized spacial score (nSPS) is 17.6. The molecule has 1 amide bonds. The molecule has 2 aliphatic rings. The fraction of sp³-hybridized carbons (Fsp3) is 0.400. The van der Waals surface area contributed by atoms with Gasteiger partial charge in [0.2, 0.25) is 0 Å². The average Bonchev–Trinajstić information content (AvgIpc) is 2.81. The summed E-state index contributed by atoms with van der Waals surface area (Å²) in [6, 6.07) is 18.7. The third-order valence-electron chi connectivity index (χ3n) is 6.08. The van der Waals surface area contributed by atoms with Crippen LogP contribution in [-0.2, 0) is 4.79 Å². The van der Waals surface area contributed by atoms with E-state index in [4.69, 9.17) is 4.74 Å². The van der Waals surface area contributed by atoms with Crippen LogP contribution in [0, 0.1) is 0 Å². The molecule has 30 heavy (non-hydrogen) atoms. The number of nitrogens with zero attached hydrogens (tertiary/aromatic N) is 2. The molecule has 5 nitrogen and oxygen atoms in total. The number of rotatable bonds is 6. The number of hydrogen-bond acceptors (Lipinski definition) is 3. The Labute approximate surface area is 179 Å². The Kier molecular flexibility index (Phi) is 6.70. The summed E-state index contributed by atoms with van der Waals surface area (Å²) in [5, 5.41) is 0. The summed E-state index contributed by atoms with van der Waals surface area (Å²) in [4.78, 5) is 18.6. The number of piperazine rings is 1. The molecule has 1 N–H and O–H groups in total. The Balaban J connectivity index is 1.28. The van der Waals surface area contributed by atoms with E-state index in [-0.39, 0.29) is 5.91 Å². The van der Waals surface area contributed by atoms with E-state index in [1.165, 1.54) is 21.7 Å². The Bertz CT molecular complexity index is 873. The van der Waals surface area contributed by atoms with Crippen molar-refractivity contribution in [2.24, 2.45) is 0 Å². The van der Waals surface area contributed by atoms with Crippen LogP contribution in [0.15, 0.2) is 60.7 Å². The lowest BCUT2D eigenvalue weighted by atomic mass is 9.99. The van der Waals surface area contributed by atoms with Gasteiger partial charge in [0.1, 0.15) is 5.75 Å². The molecular formula is C25H32N3O2+. The molecule has 2 heterocycles. The molecule has 0 aliphatic carbocycles. The Morgan fingerprint density at radius 1 is 1.00 bits per heavy atom. The lowest BCUT2D eigenvalue weighted by Crippen LogP contribution is -3.15. The lowest BCUT2D eigenvalue weighted by molar-refractivity contribution is -0.892. The molecule has 158 valence electrons. The second-order valence-electron chi connectivity index (χ2n) is 8.00. The van der Waals surface area contributed by atoms with Gasteiger partial charge in [0.25, 0.3) is 5.91 Å². The zero-order chi connectivity index (χ0) is 20.8. The van der Waals surface area contributed by atoms with Crippen molar-refractivity contribution in [1.82, 2.24) is 4.90 Å². The SMILES string of the molecule is CCOc1ccccc1N1CC[NH+](CC(=O)N2CC=C(c3ccccc3)CC2)CC1. The topological polar surface area (TPSA) is 37.2 Å². The molecule has 0 spiro atoms. The van der Waals surface area contributed by atoms with E-state index < -0.39 is 0 Å². The zero-order valence-corrected chi connectivity index (χ0v) is 17.8. The van der Waals surface area contributed by atoms with Gasteiger partial charge in [0.15, 0.2) is 6.54 Å². The van der Waals surface area contributed by atoms with Gasteiger partial charge in [-0.25, -0.2) is 0 Å². The van der Waals surface area contributed by atoms with Gasteiger partial charge in [0, 0.05) is 13.1 Å². The van der Waals surface area contributed by atoms with Crippen molar-refractivity contribution >= 4 is 17.2 Å². The van der Waals surface area contributed by atoms with Gasteiger partial charge in [-0.1, -0.05) is 48.5 Å². The molecule has 2 aromatic rings. The fourth-order valence-corrected chi connectivity index (χ4v) is 4.37. The quantitative estimate of drug-likeness (QED) is 0.798. The maximum Gasteiger partial charge on any atom is 0.278 e. The summed E-state index contributed by atoms with van der Waals surface area (Å²) in [6.07, 6.45) is 3.15. The van der Waals surface area contributed by atoms with Crippen LogP contribution in [0.1, 0.15) is 18.9 Å². The first-order chi connectivity index (χ1) is 14.7. The number of ether oxygens (including phenoxy) is 1. The first-order valence-corrected chi connectivity index (χ1v) is 11.1. The fourth-order valence-electron chi connectivity index (χ4n) is 4.37. The Morgan fingerprint density at radius 2 is 1.73 bits per heavy atom. The van der Waals surface area contributed by atoms with Crippen LogP contribution >= 0.6 is 0 Å². The zero-order valence-electron chi connectivity index (χ0n) is 17.8. The summed E-state index contributed by atoms with van der Waals surface area (Å²) in [5.41, 5.74) is 3.80. The molecule has 1 fully saturated rings. The molecule has 0 atom stereocenters. The van der Waals surface area contributed by atoms with Gasteiger partial charge in [0.05, 0.1) is 38.5 Å². The number of anilines is 1. The number of carbonyl (C=O) groups excluding carboxylic acids is 1. The third-order valence-corrected chi connectivity index (χ3v) is 6.08. The van der Waals surface area contributed by atoms with Crippen molar-refractivity contribution < 1.29 is 14.4 Å². The highest BCUT2D eigenvalue weighted by molar-refractivity contribution is 5.79. The molecule has 5 heteroatoms. The third kappa shape index (κ3) is 4.85. The second-order valence-corrected chi connectivity index (χ2v) is 8.00. The number of benzene rings is 2. The van der Waals surface area contributed by atoms with E-state index in [2.05, 4.69) is 47.4 Å². The summed E-state index contributed by atoms with van der Waals surface area (Å²) < 4.78 is 5.79. The van der Waals surface area contributed by atoms with E-state index >= 15 is 0 Å². The van der Waals surface area contributed by atoms with E-state index in [9.17, 15) is 4.79 Å². The molecular weight excluding hydrogens is 374 g/mol. The summed E-state index contributed by atoms with van der Waals surface area (Å²) in [5.74, 6) is 1.23. The summed E-state index contributed by atoms with van der Waals surface area (Å²) in [6.45, 7) is 8.68. The van der Waals surface area contributed by atoms with E-state index in [0.717, 1.165) is 51.4 Å². The van der Waals surface area contributed by atoms with Gasteiger partial charge in [-0.2, -0.15) is 0 Å². The highest BCUT2D eigenvalue weighted by Gasteiger charge is 2.26. The predicted molar refractivity (Wildman–Crippen MR) is 121 cm³/mol. The van der Waals surface area contributed by atoms with E-state index in [0.29, 0.717) is 13.2 Å². The van der Waals surface area contributed by atoms with Crippen LogP contribution in [0.2, 0.25) is 0 Å². The number of amides is 1.